The van der Waals surface area contributed by atoms with Crippen LogP contribution >= 0.6 is 12.2 Å². The lowest BCUT2D eigenvalue weighted by atomic mass is 10.00. The standard InChI is InChI=1S/C14H21N3OS/c1-9-7-10(2)16-13(11(9)12(15)19)17-5-6-18-8-14(17,3)4/h7H,5-6,8H2,1-4H3,(H2,15,19). The Morgan fingerprint density at radius 3 is 2.74 bits per heavy atom. The van der Waals surface area contributed by atoms with Crippen LogP contribution in [0, 0.1) is 13.8 Å². The van der Waals surface area contributed by atoms with Crippen molar-refractivity contribution in [2.45, 2.75) is 33.2 Å². The average molecular weight is 279 g/mol. The summed E-state index contributed by atoms with van der Waals surface area (Å²) in [6, 6.07) is 2.02. The summed E-state index contributed by atoms with van der Waals surface area (Å²) in [5, 5.41) is 0. The molecule has 1 aromatic rings. The number of nitrogens with zero attached hydrogens (tertiary/aromatic N) is 2. The predicted molar refractivity (Wildman–Crippen MR) is 81.8 cm³/mol. The van der Waals surface area contributed by atoms with E-state index in [1.165, 1.54) is 0 Å². The molecule has 0 aliphatic carbocycles. The molecule has 5 heteroatoms. The van der Waals surface area contributed by atoms with E-state index < -0.39 is 0 Å². The lowest BCUT2D eigenvalue weighted by molar-refractivity contribution is 0.0639. The van der Waals surface area contributed by atoms with Crippen molar-refractivity contribution in [3.8, 4) is 0 Å². The van der Waals surface area contributed by atoms with Gasteiger partial charge in [0.2, 0.25) is 0 Å². The van der Waals surface area contributed by atoms with Crippen LogP contribution in [0.2, 0.25) is 0 Å². The molecule has 1 aliphatic heterocycles. The number of aromatic nitrogens is 1. The van der Waals surface area contributed by atoms with Gasteiger partial charge >= 0.3 is 0 Å². The Bertz CT molecular complexity index is 514. The summed E-state index contributed by atoms with van der Waals surface area (Å²) in [4.78, 5) is 7.34. The highest BCUT2D eigenvalue weighted by atomic mass is 32.1. The molecule has 0 saturated carbocycles. The zero-order valence-electron chi connectivity index (χ0n) is 12.0. The zero-order valence-corrected chi connectivity index (χ0v) is 12.8. The van der Waals surface area contributed by atoms with Crippen molar-refractivity contribution >= 4 is 23.0 Å². The first-order valence-corrected chi connectivity index (χ1v) is 6.87. The van der Waals surface area contributed by atoms with Crippen molar-refractivity contribution < 1.29 is 4.74 Å². The van der Waals surface area contributed by atoms with E-state index in [4.69, 9.17) is 22.7 Å². The molecule has 0 spiro atoms. The van der Waals surface area contributed by atoms with E-state index >= 15 is 0 Å². The first-order chi connectivity index (χ1) is 8.83. The smallest absolute Gasteiger partial charge is 0.139 e. The molecule has 0 aromatic carbocycles. The Hall–Kier alpha value is -1.20. The maximum Gasteiger partial charge on any atom is 0.139 e. The number of aryl methyl sites for hydroxylation is 2. The SMILES string of the molecule is Cc1cc(C)c(C(N)=S)c(N2CCOCC2(C)C)n1. The van der Waals surface area contributed by atoms with Crippen molar-refractivity contribution in [2.24, 2.45) is 5.73 Å². The maximum absolute atomic E-state index is 5.89. The molecule has 2 N–H and O–H groups in total. The van der Waals surface area contributed by atoms with Crippen LogP contribution in [-0.4, -0.2) is 35.3 Å². The zero-order chi connectivity index (χ0) is 14.2. The average Bonchev–Trinajstić information content (AvgIpc) is 2.26. The van der Waals surface area contributed by atoms with Gasteiger partial charge in [-0.1, -0.05) is 12.2 Å². The molecule has 0 amide bonds. The summed E-state index contributed by atoms with van der Waals surface area (Å²) in [6.07, 6.45) is 0. The Labute approximate surface area is 120 Å². The van der Waals surface area contributed by atoms with Crippen molar-refractivity contribution in [1.29, 1.82) is 0 Å². The number of hydrogen-bond donors (Lipinski definition) is 1. The molecule has 19 heavy (non-hydrogen) atoms. The third-order valence-electron chi connectivity index (χ3n) is 3.47. The summed E-state index contributed by atoms with van der Waals surface area (Å²) >= 11 is 5.20. The van der Waals surface area contributed by atoms with Gasteiger partial charge in [-0.15, -0.1) is 0 Å². The van der Waals surface area contributed by atoms with Gasteiger partial charge in [0, 0.05) is 12.2 Å². The summed E-state index contributed by atoms with van der Waals surface area (Å²) in [5.74, 6) is 0.887. The van der Waals surface area contributed by atoms with Crippen molar-refractivity contribution in [1.82, 2.24) is 4.98 Å². The first kappa shape index (κ1) is 14.2. The predicted octanol–water partition coefficient (Wildman–Crippen LogP) is 1.95. The molecular formula is C14H21N3OS. The monoisotopic (exact) mass is 279 g/mol. The molecule has 2 rings (SSSR count). The van der Waals surface area contributed by atoms with Gasteiger partial charge in [-0.3, -0.25) is 0 Å². The van der Waals surface area contributed by atoms with E-state index in [9.17, 15) is 0 Å². The molecule has 0 bridgehead atoms. The largest absolute Gasteiger partial charge is 0.389 e. The van der Waals surface area contributed by atoms with E-state index in [-0.39, 0.29) is 5.54 Å². The number of pyridine rings is 1. The Balaban J connectivity index is 2.57. The van der Waals surface area contributed by atoms with Crippen LogP contribution in [-0.2, 0) is 4.74 Å². The molecule has 1 fully saturated rings. The van der Waals surface area contributed by atoms with Crippen LogP contribution in [0.5, 0.6) is 0 Å². The molecule has 4 nitrogen and oxygen atoms in total. The van der Waals surface area contributed by atoms with Crippen LogP contribution < -0.4 is 10.6 Å². The molecule has 104 valence electrons. The molecular weight excluding hydrogens is 258 g/mol. The topological polar surface area (TPSA) is 51.4 Å². The van der Waals surface area contributed by atoms with E-state index in [2.05, 4.69) is 23.7 Å². The summed E-state index contributed by atoms with van der Waals surface area (Å²) in [7, 11) is 0. The Morgan fingerprint density at radius 1 is 1.47 bits per heavy atom. The number of hydrogen-bond acceptors (Lipinski definition) is 4. The van der Waals surface area contributed by atoms with Gasteiger partial charge in [-0.2, -0.15) is 0 Å². The molecule has 1 aromatic heterocycles. The van der Waals surface area contributed by atoms with Gasteiger partial charge < -0.3 is 15.4 Å². The third kappa shape index (κ3) is 2.72. The Kier molecular flexibility index (Phi) is 3.78. The number of nitrogens with two attached hydrogens (primary N) is 1. The highest BCUT2D eigenvalue weighted by Gasteiger charge is 2.33. The van der Waals surface area contributed by atoms with Crippen molar-refractivity contribution in [3.63, 3.8) is 0 Å². The number of thiocarbonyl (C=S) groups is 1. The minimum absolute atomic E-state index is 0.106. The fourth-order valence-electron chi connectivity index (χ4n) is 2.57. The highest BCUT2D eigenvalue weighted by molar-refractivity contribution is 7.80. The van der Waals surface area contributed by atoms with E-state index in [0.29, 0.717) is 18.2 Å². The summed E-state index contributed by atoms with van der Waals surface area (Å²) in [5.41, 5.74) is 8.74. The van der Waals surface area contributed by atoms with Crippen molar-refractivity contribution in [2.75, 3.05) is 24.7 Å². The number of morpholine rings is 1. The Morgan fingerprint density at radius 2 is 2.16 bits per heavy atom. The number of rotatable bonds is 2. The number of anilines is 1. The lowest BCUT2D eigenvalue weighted by Crippen LogP contribution is -2.54. The summed E-state index contributed by atoms with van der Waals surface area (Å²) < 4.78 is 5.56. The molecule has 1 saturated heterocycles. The molecule has 0 atom stereocenters. The lowest BCUT2D eigenvalue weighted by Gasteiger charge is -2.43. The van der Waals surface area contributed by atoms with Gasteiger partial charge in [-0.25, -0.2) is 4.98 Å². The van der Waals surface area contributed by atoms with Crippen LogP contribution in [0.3, 0.4) is 0 Å². The second kappa shape index (κ2) is 5.06. The second-order valence-electron chi connectivity index (χ2n) is 5.66. The van der Waals surface area contributed by atoms with E-state index in [1.807, 2.05) is 19.9 Å². The van der Waals surface area contributed by atoms with Gasteiger partial charge in [0.1, 0.15) is 10.8 Å². The minimum atomic E-state index is -0.106. The summed E-state index contributed by atoms with van der Waals surface area (Å²) in [6.45, 7) is 10.5. The highest BCUT2D eigenvalue weighted by Crippen LogP contribution is 2.30. The molecule has 1 aliphatic rings. The van der Waals surface area contributed by atoms with Gasteiger partial charge in [-0.05, 0) is 39.3 Å². The molecule has 2 heterocycles. The number of ether oxygens (including phenoxy) is 1. The fraction of sp³-hybridized carbons (Fsp3) is 0.571. The molecule has 0 radical (unpaired) electrons. The first-order valence-electron chi connectivity index (χ1n) is 6.46. The van der Waals surface area contributed by atoms with Gasteiger partial charge in [0.25, 0.3) is 0 Å². The van der Waals surface area contributed by atoms with Gasteiger partial charge in [0.15, 0.2) is 0 Å². The van der Waals surface area contributed by atoms with Crippen LogP contribution in [0.15, 0.2) is 6.07 Å². The second-order valence-corrected chi connectivity index (χ2v) is 6.10. The maximum atomic E-state index is 5.89. The quantitative estimate of drug-likeness (QED) is 0.839. The third-order valence-corrected chi connectivity index (χ3v) is 3.68. The van der Waals surface area contributed by atoms with E-state index in [0.717, 1.165) is 29.2 Å². The van der Waals surface area contributed by atoms with E-state index in [1.54, 1.807) is 0 Å². The fourth-order valence-corrected chi connectivity index (χ4v) is 2.82. The van der Waals surface area contributed by atoms with Gasteiger partial charge in [0.05, 0.1) is 24.3 Å². The minimum Gasteiger partial charge on any atom is -0.389 e. The van der Waals surface area contributed by atoms with Crippen LogP contribution in [0.1, 0.15) is 30.7 Å². The van der Waals surface area contributed by atoms with Crippen LogP contribution in [0.25, 0.3) is 0 Å². The normalized spacial score (nSPS) is 18.4. The van der Waals surface area contributed by atoms with Crippen LogP contribution in [0.4, 0.5) is 5.82 Å². The van der Waals surface area contributed by atoms with Crippen molar-refractivity contribution in [3.05, 3.63) is 22.9 Å². The molecule has 0 unspecified atom stereocenters.